The number of aromatic nitrogens is 2. The summed E-state index contributed by atoms with van der Waals surface area (Å²) in [7, 11) is 0. The zero-order valence-electron chi connectivity index (χ0n) is 10.7. The molecule has 1 unspecified atom stereocenters. The first-order valence-corrected chi connectivity index (χ1v) is 5.63. The van der Waals surface area contributed by atoms with Crippen molar-refractivity contribution >= 4 is 17.9 Å². The highest BCUT2D eigenvalue weighted by Gasteiger charge is 2.12. The van der Waals surface area contributed by atoms with Crippen LogP contribution in [0.1, 0.15) is 25.5 Å². The molecule has 0 saturated heterocycles. The van der Waals surface area contributed by atoms with Crippen LogP contribution in [0.2, 0.25) is 0 Å². The minimum absolute atomic E-state index is 0.144. The second-order valence-electron chi connectivity index (χ2n) is 4.13. The number of ether oxygens (including phenoxy) is 1. The number of nitrogens with zero attached hydrogens (tertiary/aromatic N) is 2. The number of anilines is 1. The Morgan fingerprint density at radius 2 is 2.00 bits per heavy atom. The third kappa shape index (κ3) is 4.88. The van der Waals surface area contributed by atoms with Gasteiger partial charge in [0.2, 0.25) is 11.9 Å². The molecule has 2 amide bonds. The third-order valence-corrected chi connectivity index (χ3v) is 2.20. The van der Waals surface area contributed by atoms with Crippen LogP contribution in [0.4, 0.5) is 10.7 Å². The Kier molecular flexibility index (Phi) is 5.19. The molecule has 4 N–H and O–H groups in total. The van der Waals surface area contributed by atoms with Crippen LogP contribution >= 0.6 is 0 Å². The summed E-state index contributed by atoms with van der Waals surface area (Å²) in [6.07, 6.45) is 0.624. The average Bonchev–Trinajstić information content (AvgIpc) is 2.36. The van der Waals surface area contributed by atoms with Gasteiger partial charge < -0.3 is 15.6 Å². The van der Waals surface area contributed by atoms with E-state index in [9.17, 15) is 14.7 Å². The summed E-state index contributed by atoms with van der Waals surface area (Å²) in [4.78, 5) is 29.5. The van der Waals surface area contributed by atoms with Crippen LogP contribution in [-0.2, 0) is 9.53 Å². The van der Waals surface area contributed by atoms with Crippen molar-refractivity contribution in [1.82, 2.24) is 9.97 Å². The maximum Gasteiger partial charge on any atom is 0.404 e. The van der Waals surface area contributed by atoms with Crippen LogP contribution in [0.3, 0.4) is 0 Å². The molecule has 0 aliphatic rings. The molecule has 1 atom stereocenters. The smallest absolute Gasteiger partial charge is 0.404 e. The number of carbonyl (C=O) groups is 2. The van der Waals surface area contributed by atoms with Gasteiger partial charge in [0.25, 0.3) is 0 Å². The fraction of sp³-hybridized carbons (Fsp3) is 0.455. The lowest BCUT2D eigenvalue weighted by atomic mass is 10.2. The van der Waals surface area contributed by atoms with Gasteiger partial charge >= 0.3 is 6.09 Å². The quantitative estimate of drug-likeness (QED) is 0.700. The van der Waals surface area contributed by atoms with Crippen LogP contribution in [-0.4, -0.2) is 33.7 Å². The predicted molar refractivity (Wildman–Crippen MR) is 66.0 cm³/mol. The third-order valence-electron chi connectivity index (χ3n) is 2.20. The molecule has 104 valence electrons. The zero-order valence-corrected chi connectivity index (χ0v) is 10.7. The summed E-state index contributed by atoms with van der Waals surface area (Å²) in [5, 5.41) is 12.1. The lowest BCUT2D eigenvalue weighted by Gasteiger charge is -2.10. The van der Waals surface area contributed by atoms with E-state index < -0.39 is 12.2 Å². The van der Waals surface area contributed by atoms with Gasteiger partial charge in [0.05, 0.1) is 0 Å². The maximum atomic E-state index is 11.4. The van der Waals surface area contributed by atoms with Crippen LogP contribution in [0.15, 0.2) is 12.4 Å². The second-order valence-corrected chi connectivity index (χ2v) is 4.13. The Morgan fingerprint density at radius 1 is 1.42 bits per heavy atom. The lowest BCUT2D eigenvalue weighted by molar-refractivity contribution is -0.118. The molecule has 1 heterocycles. The van der Waals surface area contributed by atoms with Gasteiger partial charge in [0, 0.05) is 23.9 Å². The Hall–Kier alpha value is -2.22. The topological polar surface area (TPSA) is 127 Å². The lowest BCUT2D eigenvalue weighted by Crippen LogP contribution is -2.20. The maximum absolute atomic E-state index is 11.4. The van der Waals surface area contributed by atoms with Crippen LogP contribution in [0, 0.1) is 5.92 Å². The van der Waals surface area contributed by atoms with E-state index in [0.717, 1.165) is 0 Å². The average molecular weight is 268 g/mol. The number of carbonyl (C=O) groups excluding carboxylic acids is 2. The predicted octanol–water partition coefficient (Wildman–Crippen LogP) is 0.200. The summed E-state index contributed by atoms with van der Waals surface area (Å²) in [5.41, 5.74) is 5.13. The molecule has 0 aliphatic heterocycles. The normalized spacial score (nSPS) is 12.0. The molecule has 0 spiro atoms. The SMILES string of the molecule is CC(C)C(=O)Nc1ncc(C(O)COC(N)=O)cn1. The van der Waals surface area contributed by atoms with E-state index in [1.54, 1.807) is 13.8 Å². The van der Waals surface area contributed by atoms with Gasteiger partial charge in [-0.15, -0.1) is 0 Å². The van der Waals surface area contributed by atoms with Crippen LogP contribution in [0.5, 0.6) is 0 Å². The van der Waals surface area contributed by atoms with Crippen molar-refractivity contribution in [2.45, 2.75) is 20.0 Å². The summed E-state index contributed by atoms with van der Waals surface area (Å²) in [5.74, 6) is -0.242. The largest absolute Gasteiger partial charge is 0.447 e. The second kappa shape index (κ2) is 6.64. The first-order valence-electron chi connectivity index (χ1n) is 5.63. The zero-order chi connectivity index (χ0) is 14.4. The molecule has 1 aromatic rings. The fourth-order valence-electron chi connectivity index (χ4n) is 1.09. The molecule has 8 heteroatoms. The molecule has 19 heavy (non-hydrogen) atoms. The number of primary amides is 1. The Labute approximate surface area is 110 Å². The van der Waals surface area contributed by atoms with Gasteiger partial charge in [-0.3, -0.25) is 10.1 Å². The van der Waals surface area contributed by atoms with E-state index in [1.807, 2.05) is 0 Å². The number of amides is 2. The minimum Gasteiger partial charge on any atom is -0.447 e. The number of nitrogens with two attached hydrogens (primary N) is 1. The molecule has 0 radical (unpaired) electrons. The molecule has 0 aromatic carbocycles. The molecule has 8 nitrogen and oxygen atoms in total. The van der Waals surface area contributed by atoms with Crippen LogP contribution < -0.4 is 11.1 Å². The van der Waals surface area contributed by atoms with E-state index in [2.05, 4.69) is 20.0 Å². The summed E-state index contributed by atoms with van der Waals surface area (Å²) >= 11 is 0. The number of nitrogens with one attached hydrogen (secondary N) is 1. The Morgan fingerprint density at radius 3 is 2.47 bits per heavy atom. The Bertz CT molecular complexity index is 447. The molecule has 0 bridgehead atoms. The van der Waals surface area contributed by atoms with Gasteiger partial charge in [0.1, 0.15) is 12.7 Å². The molecule has 1 rings (SSSR count). The van der Waals surface area contributed by atoms with E-state index in [-0.39, 0.29) is 24.4 Å². The van der Waals surface area contributed by atoms with Crippen molar-refractivity contribution in [3.05, 3.63) is 18.0 Å². The number of aliphatic hydroxyl groups excluding tert-OH is 1. The fourth-order valence-corrected chi connectivity index (χ4v) is 1.09. The number of hydrogen-bond acceptors (Lipinski definition) is 6. The van der Waals surface area contributed by atoms with E-state index in [1.165, 1.54) is 12.4 Å². The highest BCUT2D eigenvalue weighted by Crippen LogP contribution is 2.12. The molecule has 0 aliphatic carbocycles. The Balaban J connectivity index is 2.60. The van der Waals surface area contributed by atoms with Gasteiger partial charge in [-0.05, 0) is 0 Å². The van der Waals surface area contributed by atoms with Gasteiger partial charge in [0.15, 0.2) is 0 Å². The van der Waals surface area contributed by atoms with Crippen molar-refractivity contribution < 1.29 is 19.4 Å². The van der Waals surface area contributed by atoms with Crippen molar-refractivity contribution in [1.29, 1.82) is 0 Å². The summed E-state index contributed by atoms with van der Waals surface area (Å²) in [6.45, 7) is 3.21. The first-order chi connectivity index (χ1) is 8.90. The van der Waals surface area contributed by atoms with Gasteiger partial charge in [-0.2, -0.15) is 0 Å². The van der Waals surface area contributed by atoms with E-state index in [4.69, 9.17) is 5.73 Å². The van der Waals surface area contributed by atoms with Gasteiger partial charge in [-0.1, -0.05) is 13.8 Å². The molecule has 0 saturated carbocycles. The van der Waals surface area contributed by atoms with E-state index in [0.29, 0.717) is 5.56 Å². The monoisotopic (exact) mass is 268 g/mol. The van der Waals surface area contributed by atoms with Gasteiger partial charge in [-0.25, -0.2) is 14.8 Å². The number of aliphatic hydroxyl groups is 1. The molecular weight excluding hydrogens is 252 g/mol. The molecule has 1 aromatic heterocycles. The van der Waals surface area contributed by atoms with E-state index >= 15 is 0 Å². The summed E-state index contributed by atoms with van der Waals surface area (Å²) in [6, 6.07) is 0. The first kappa shape index (κ1) is 14.8. The van der Waals surface area contributed by atoms with Crippen molar-refractivity contribution in [2.24, 2.45) is 11.7 Å². The molecular formula is C11H16N4O4. The van der Waals surface area contributed by atoms with Crippen LogP contribution in [0.25, 0.3) is 0 Å². The molecule has 0 fully saturated rings. The van der Waals surface area contributed by atoms with Crippen molar-refractivity contribution in [3.8, 4) is 0 Å². The minimum atomic E-state index is -1.07. The highest BCUT2D eigenvalue weighted by molar-refractivity contribution is 5.90. The number of rotatable bonds is 5. The standard InChI is InChI=1S/C11H16N4O4/c1-6(2)9(17)15-11-13-3-7(4-14-11)8(16)5-19-10(12)18/h3-4,6,8,16H,5H2,1-2H3,(H2,12,18)(H,13,14,15,17). The number of hydrogen-bond donors (Lipinski definition) is 3. The summed E-state index contributed by atoms with van der Waals surface area (Å²) < 4.78 is 4.45. The van der Waals surface area contributed by atoms with Crippen molar-refractivity contribution in [2.75, 3.05) is 11.9 Å². The van der Waals surface area contributed by atoms with Crippen molar-refractivity contribution in [3.63, 3.8) is 0 Å². The highest BCUT2D eigenvalue weighted by atomic mass is 16.6.